The summed E-state index contributed by atoms with van der Waals surface area (Å²) in [5, 5.41) is 9.41. The highest BCUT2D eigenvalue weighted by atomic mass is 19.1. The van der Waals surface area contributed by atoms with Gasteiger partial charge < -0.3 is 10.6 Å². The number of anilines is 1. The highest BCUT2D eigenvalue weighted by Gasteiger charge is 2.23. The maximum absolute atomic E-state index is 13.9. The van der Waals surface area contributed by atoms with Gasteiger partial charge in [0.1, 0.15) is 11.6 Å². The van der Waals surface area contributed by atoms with Gasteiger partial charge in [-0.1, -0.05) is 13.8 Å². The zero-order valence-corrected chi connectivity index (χ0v) is 19.6. The second-order valence-electron chi connectivity index (χ2n) is 8.96. The van der Waals surface area contributed by atoms with E-state index in [0.29, 0.717) is 42.9 Å². The number of halogens is 1. The Labute approximate surface area is 196 Å². The number of nitrogens with two attached hydrogens (primary N) is 1. The number of carbonyl (C=O) groups is 1. The van der Waals surface area contributed by atoms with E-state index in [0.717, 1.165) is 4.57 Å². The Morgan fingerprint density at radius 2 is 2.03 bits per heavy atom. The molecule has 1 aliphatic rings. The van der Waals surface area contributed by atoms with Crippen LogP contribution in [-0.4, -0.2) is 39.9 Å². The van der Waals surface area contributed by atoms with Crippen molar-refractivity contribution in [1.82, 2.24) is 9.13 Å². The maximum atomic E-state index is 13.9. The van der Waals surface area contributed by atoms with Gasteiger partial charge in [0, 0.05) is 25.4 Å². The number of nitriles is 1. The van der Waals surface area contributed by atoms with E-state index in [1.54, 1.807) is 4.90 Å². The normalized spacial score (nSPS) is 16.0. The summed E-state index contributed by atoms with van der Waals surface area (Å²) in [5.74, 6) is -0.326. The summed E-state index contributed by atoms with van der Waals surface area (Å²) in [4.78, 5) is 43.9. The number of carbonyl (C=O) groups excluding carboxylic acids is 1. The molecule has 2 N–H and O–H groups in total. The SMILES string of the molecule is CC(C)C[C@@H](N)C(=O)N=C1CCCN(c2cc(=O)n(C)c(=O)n2Cc2cc(F)ccc2C#N)C1. The molecule has 1 saturated heterocycles. The van der Waals surface area contributed by atoms with Crippen LogP contribution in [0.5, 0.6) is 0 Å². The second-order valence-corrected chi connectivity index (χ2v) is 8.96. The lowest BCUT2D eigenvalue weighted by molar-refractivity contribution is -0.119. The molecular formula is C24H29FN6O3. The minimum Gasteiger partial charge on any atom is -0.352 e. The van der Waals surface area contributed by atoms with Crippen molar-refractivity contribution in [1.29, 1.82) is 5.26 Å². The summed E-state index contributed by atoms with van der Waals surface area (Å²) < 4.78 is 16.2. The number of nitrogens with zero attached hydrogens (tertiary/aromatic N) is 5. The van der Waals surface area contributed by atoms with Crippen molar-refractivity contribution in [2.45, 2.75) is 45.7 Å². The summed E-state index contributed by atoms with van der Waals surface area (Å²) in [7, 11) is 1.36. The lowest BCUT2D eigenvalue weighted by atomic mass is 10.0. The lowest BCUT2D eigenvalue weighted by Crippen LogP contribution is -2.45. The van der Waals surface area contributed by atoms with Crippen LogP contribution in [0.4, 0.5) is 10.2 Å². The molecule has 0 spiro atoms. The fourth-order valence-corrected chi connectivity index (χ4v) is 4.03. The summed E-state index contributed by atoms with van der Waals surface area (Å²) >= 11 is 0. The Bertz CT molecular complexity index is 1270. The lowest BCUT2D eigenvalue weighted by Gasteiger charge is -2.31. The first kappa shape index (κ1) is 25.1. The maximum Gasteiger partial charge on any atom is 0.332 e. The van der Waals surface area contributed by atoms with Crippen LogP contribution in [-0.2, 0) is 18.4 Å². The molecule has 9 nitrogen and oxygen atoms in total. The van der Waals surface area contributed by atoms with Crippen LogP contribution in [0, 0.1) is 23.1 Å². The number of hydrogen-bond acceptors (Lipinski definition) is 6. The third kappa shape index (κ3) is 5.66. The average Bonchev–Trinajstić information content (AvgIpc) is 2.79. The monoisotopic (exact) mass is 468 g/mol. The third-order valence-electron chi connectivity index (χ3n) is 5.80. The quantitative estimate of drug-likeness (QED) is 0.685. The second kappa shape index (κ2) is 10.6. The minimum absolute atomic E-state index is 0.0931. The Morgan fingerprint density at radius 3 is 2.71 bits per heavy atom. The molecule has 0 saturated carbocycles. The van der Waals surface area contributed by atoms with Crippen molar-refractivity contribution in [2.24, 2.45) is 23.7 Å². The first-order valence-electron chi connectivity index (χ1n) is 11.2. The van der Waals surface area contributed by atoms with Crippen molar-refractivity contribution in [3.63, 3.8) is 0 Å². The molecule has 1 aromatic heterocycles. The van der Waals surface area contributed by atoms with Crippen LogP contribution in [0.1, 0.15) is 44.2 Å². The number of aromatic nitrogens is 2. The number of benzene rings is 1. The number of aliphatic imine (C=N–C) groups is 1. The van der Waals surface area contributed by atoms with Crippen LogP contribution in [0.25, 0.3) is 0 Å². The molecule has 0 aliphatic carbocycles. The van der Waals surface area contributed by atoms with Crippen molar-refractivity contribution >= 4 is 17.4 Å². The molecule has 34 heavy (non-hydrogen) atoms. The van der Waals surface area contributed by atoms with Gasteiger partial charge in [-0.25, -0.2) is 14.2 Å². The predicted molar refractivity (Wildman–Crippen MR) is 127 cm³/mol. The van der Waals surface area contributed by atoms with Crippen LogP contribution in [0.15, 0.2) is 38.8 Å². The van der Waals surface area contributed by atoms with E-state index in [1.807, 2.05) is 19.9 Å². The van der Waals surface area contributed by atoms with Crippen molar-refractivity contribution in [3.8, 4) is 6.07 Å². The molecule has 0 bridgehead atoms. The molecule has 1 aliphatic heterocycles. The molecule has 1 atom stereocenters. The number of piperidine rings is 1. The standard InChI is InChI=1S/C24H29FN6O3/c1-15(2)9-20(27)23(33)28-19-5-4-8-30(14-19)21-11-22(32)29(3)24(34)31(21)13-17-10-18(25)7-6-16(17)12-26/h6-7,10-11,15,20H,4-5,8-9,13-14,27H2,1-3H3/t20-/m1/s1. The summed E-state index contributed by atoms with van der Waals surface area (Å²) in [6, 6.07) is 6.41. The third-order valence-corrected chi connectivity index (χ3v) is 5.80. The van der Waals surface area contributed by atoms with Gasteiger partial charge in [0.25, 0.3) is 11.5 Å². The minimum atomic E-state index is -0.678. The first-order valence-corrected chi connectivity index (χ1v) is 11.2. The zero-order valence-electron chi connectivity index (χ0n) is 19.6. The molecule has 1 aromatic carbocycles. The van der Waals surface area contributed by atoms with Crippen LogP contribution in [0.3, 0.4) is 0 Å². The van der Waals surface area contributed by atoms with Gasteiger partial charge in [0.2, 0.25) is 0 Å². The van der Waals surface area contributed by atoms with Crippen molar-refractivity contribution < 1.29 is 9.18 Å². The van der Waals surface area contributed by atoms with Gasteiger partial charge in [0.05, 0.1) is 30.8 Å². The van der Waals surface area contributed by atoms with E-state index >= 15 is 0 Å². The summed E-state index contributed by atoms with van der Waals surface area (Å²) in [6.45, 7) is 4.65. The smallest absolute Gasteiger partial charge is 0.332 e. The number of rotatable bonds is 6. The molecule has 1 amide bonds. The zero-order chi connectivity index (χ0) is 25.0. The molecule has 2 heterocycles. The van der Waals surface area contributed by atoms with E-state index in [2.05, 4.69) is 4.99 Å². The predicted octanol–water partition coefficient (Wildman–Crippen LogP) is 1.55. The fraction of sp³-hybridized carbons (Fsp3) is 0.458. The van der Waals surface area contributed by atoms with E-state index < -0.39 is 23.1 Å². The molecule has 2 aromatic rings. The summed E-state index contributed by atoms with van der Waals surface area (Å²) in [5.41, 5.74) is 6.07. The van der Waals surface area contributed by atoms with Gasteiger partial charge in [-0.05, 0) is 48.9 Å². The Hall–Kier alpha value is -3.58. The van der Waals surface area contributed by atoms with Gasteiger partial charge >= 0.3 is 5.69 Å². The van der Waals surface area contributed by atoms with Crippen molar-refractivity contribution in [2.75, 3.05) is 18.0 Å². The van der Waals surface area contributed by atoms with Gasteiger partial charge in [0.15, 0.2) is 0 Å². The molecular weight excluding hydrogens is 439 g/mol. The van der Waals surface area contributed by atoms with E-state index in [-0.39, 0.29) is 30.5 Å². The molecule has 180 valence electrons. The van der Waals surface area contributed by atoms with Crippen LogP contribution in [0.2, 0.25) is 0 Å². The van der Waals surface area contributed by atoms with E-state index in [1.165, 1.54) is 35.9 Å². The Kier molecular flexibility index (Phi) is 7.79. The Balaban J connectivity index is 1.98. The van der Waals surface area contributed by atoms with Crippen LogP contribution < -0.4 is 21.9 Å². The average molecular weight is 469 g/mol. The van der Waals surface area contributed by atoms with E-state index in [9.17, 15) is 24.0 Å². The van der Waals surface area contributed by atoms with Crippen molar-refractivity contribution in [3.05, 3.63) is 62.0 Å². The highest BCUT2D eigenvalue weighted by Crippen LogP contribution is 2.20. The van der Waals surface area contributed by atoms with Gasteiger partial charge in [-0.2, -0.15) is 5.26 Å². The molecule has 0 radical (unpaired) electrons. The fourth-order valence-electron chi connectivity index (χ4n) is 4.03. The Morgan fingerprint density at radius 1 is 1.29 bits per heavy atom. The van der Waals surface area contributed by atoms with Gasteiger partial charge in [-0.15, -0.1) is 0 Å². The van der Waals surface area contributed by atoms with Crippen LogP contribution >= 0.6 is 0 Å². The molecule has 0 unspecified atom stereocenters. The highest BCUT2D eigenvalue weighted by molar-refractivity contribution is 6.00. The summed E-state index contributed by atoms with van der Waals surface area (Å²) in [6.07, 6.45) is 1.80. The van der Waals surface area contributed by atoms with E-state index in [4.69, 9.17) is 5.73 Å². The molecule has 1 fully saturated rings. The van der Waals surface area contributed by atoms with Gasteiger partial charge in [-0.3, -0.25) is 18.7 Å². The molecule has 3 rings (SSSR count). The largest absolute Gasteiger partial charge is 0.352 e. The molecule has 10 heteroatoms. The number of hydrogen-bond donors (Lipinski definition) is 1. The number of amides is 1. The topological polar surface area (TPSA) is 126 Å². The first-order chi connectivity index (χ1) is 16.1.